The Kier molecular flexibility index (Phi) is 3.78. The second-order valence-electron chi connectivity index (χ2n) is 4.56. The Bertz CT molecular complexity index is 514. The van der Waals surface area contributed by atoms with Crippen LogP contribution in [0.3, 0.4) is 0 Å². The average molecular weight is 239 g/mol. The number of nitrogens with zero attached hydrogens (tertiary/aromatic N) is 1. The molecule has 0 heterocycles. The van der Waals surface area contributed by atoms with Crippen molar-refractivity contribution in [2.75, 3.05) is 4.90 Å². The van der Waals surface area contributed by atoms with Crippen LogP contribution in [-0.4, -0.2) is 6.41 Å². The predicted octanol–water partition coefficient (Wildman–Crippen LogP) is 3.47. The van der Waals surface area contributed by atoms with Gasteiger partial charge in [-0.3, -0.25) is 4.79 Å². The molecule has 0 aliphatic rings. The summed E-state index contributed by atoms with van der Waals surface area (Å²) in [4.78, 5) is 13.0. The van der Waals surface area contributed by atoms with Gasteiger partial charge in [-0.15, -0.1) is 0 Å². The number of benzene rings is 2. The maximum Gasteiger partial charge on any atom is 0.214 e. The van der Waals surface area contributed by atoms with E-state index in [9.17, 15) is 4.79 Å². The quantitative estimate of drug-likeness (QED) is 0.748. The van der Waals surface area contributed by atoms with E-state index in [1.807, 2.05) is 56.3 Å². The van der Waals surface area contributed by atoms with Crippen LogP contribution in [0.25, 0.3) is 0 Å². The van der Waals surface area contributed by atoms with E-state index in [1.165, 1.54) is 11.1 Å². The van der Waals surface area contributed by atoms with Gasteiger partial charge in [0.15, 0.2) is 0 Å². The van der Waals surface area contributed by atoms with Crippen LogP contribution in [0.2, 0.25) is 0 Å². The summed E-state index contributed by atoms with van der Waals surface area (Å²) < 4.78 is 0. The van der Waals surface area contributed by atoms with Gasteiger partial charge in [0.2, 0.25) is 6.41 Å². The minimum absolute atomic E-state index is 0.604. The summed E-state index contributed by atoms with van der Waals surface area (Å²) in [5.41, 5.74) is 4.42. The van der Waals surface area contributed by atoms with Gasteiger partial charge in [0.05, 0.1) is 6.54 Å². The Morgan fingerprint density at radius 2 is 1.61 bits per heavy atom. The van der Waals surface area contributed by atoms with Crippen molar-refractivity contribution in [3.05, 3.63) is 65.2 Å². The fraction of sp³-hybridized carbons (Fsp3) is 0.188. The minimum atomic E-state index is 0.604. The van der Waals surface area contributed by atoms with E-state index in [-0.39, 0.29) is 0 Å². The molecule has 18 heavy (non-hydrogen) atoms. The summed E-state index contributed by atoms with van der Waals surface area (Å²) in [5.74, 6) is 0. The van der Waals surface area contributed by atoms with Gasteiger partial charge in [0.25, 0.3) is 0 Å². The van der Waals surface area contributed by atoms with Crippen LogP contribution in [0.15, 0.2) is 48.5 Å². The topological polar surface area (TPSA) is 20.3 Å². The van der Waals surface area contributed by atoms with Crippen LogP contribution in [0, 0.1) is 13.8 Å². The van der Waals surface area contributed by atoms with Crippen LogP contribution >= 0.6 is 0 Å². The Hall–Kier alpha value is -2.09. The Balaban J connectivity index is 2.25. The third-order valence-electron chi connectivity index (χ3n) is 2.86. The van der Waals surface area contributed by atoms with Gasteiger partial charge in [0.1, 0.15) is 0 Å². The van der Waals surface area contributed by atoms with Crippen molar-refractivity contribution in [2.24, 2.45) is 0 Å². The fourth-order valence-electron chi connectivity index (χ4n) is 2.09. The average Bonchev–Trinajstić information content (AvgIpc) is 2.36. The molecule has 1 amide bonds. The molecule has 0 aromatic heterocycles. The zero-order chi connectivity index (χ0) is 13.0. The number of rotatable bonds is 4. The zero-order valence-corrected chi connectivity index (χ0v) is 10.8. The molecule has 0 aliphatic carbocycles. The van der Waals surface area contributed by atoms with E-state index in [0.29, 0.717) is 6.54 Å². The maximum absolute atomic E-state index is 11.3. The summed E-state index contributed by atoms with van der Waals surface area (Å²) in [5, 5.41) is 0. The minimum Gasteiger partial charge on any atom is -0.311 e. The smallest absolute Gasteiger partial charge is 0.214 e. The highest BCUT2D eigenvalue weighted by Gasteiger charge is 2.06. The van der Waals surface area contributed by atoms with Gasteiger partial charge in [-0.05, 0) is 42.7 Å². The van der Waals surface area contributed by atoms with Crippen molar-refractivity contribution in [1.29, 1.82) is 0 Å². The van der Waals surface area contributed by atoms with Crippen molar-refractivity contribution in [3.63, 3.8) is 0 Å². The molecule has 0 radical (unpaired) electrons. The number of carbonyl (C=O) groups is 1. The molecule has 0 saturated heterocycles. The normalized spacial score (nSPS) is 10.1. The molecule has 2 aromatic rings. The lowest BCUT2D eigenvalue weighted by molar-refractivity contribution is -0.107. The third-order valence-corrected chi connectivity index (χ3v) is 2.86. The number of anilines is 1. The van der Waals surface area contributed by atoms with Crippen molar-refractivity contribution >= 4 is 12.1 Å². The van der Waals surface area contributed by atoms with Gasteiger partial charge in [-0.1, -0.05) is 36.4 Å². The highest BCUT2D eigenvalue weighted by Crippen LogP contribution is 2.19. The maximum atomic E-state index is 11.3. The molecule has 0 fully saturated rings. The van der Waals surface area contributed by atoms with Crippen LogP contribution in [0.5, 0.6) is 0 Å². The summed E-state index contributed by atoms with van der Waals surface area (Å²) in [7, 11) is 0. The molecule has 0 atom stereocenters. The van der Waals surface area contributed by atoms with E-state index < -0.39 is 0 Å². The summed E-state index contributed by atoms with van der Waals surface area (Å²) >= 11 is 0. The van der Waals surface area contributed by atoms with Crippen LogP contribution in [-0.2, 0) is 11.3 Å². The van der Waals surface area contributed by atoms with E-state index >= 15 is 0 Å². The first-order valence-corrected chi connectivity index (χ1v) is 6.03. The molecule has 0 saturated carbocycles. The lowest BCUT2D eigenvalue weighted by Crippen LogP contribution is -2.20. The molecular formula is C16H17NO. The van der Waals surface area contributed by atoms with Crippen molar-refractivity contribution < 1.29 is 4.79 Å². The van der Waals surface area contributed by atoms with E-state index in [0.717, 1.165) is 17.7 Å². The Morgan fingerprint density at radius 3 is 2.17 bits per heavy atom. The number of amides is 1. The first-order chi connectivity index (χ1) is 8.69. The van der Waals surface area contributed by atoms with Crippen molar-refractivity contribution in [3.8, 4) is 0 Å². The van der Waals surface area contributed by atoms with E-state index in [1.54, 1.807) is 4.90 Å². The van der Waals surface area contributed by atoms with Gasteiger partial charge in [-0.2, -0.15) is 0 Å². The molecule has 92 valence electrons. The lowest BCUT2D eigenvalue weighted by atomic mass is 10.1. The number of carbonyl (C=O) groups excluding carboxylic acids is 1. The van der Waals surface area contributed by atoms with Gasteiger partial charge in [-0.25, -0.2) is 0 Å². The second kappa shape index (κ2) is 5.50. The largest absolute Gasteiger partial charge is 0.311 e. The zero-order valence-electron chi connectivity index (χ0n) is 10.8. The molecule has 0 unspecified atom stereocenters. The highest BCUT2D eigenvalue weighted by atomic mass is 16.1. The third kappa shape index (κ3) is 2.98. The molecule has 2 aromatic carbocycles. The van der Waals surface area contributed by atoms with E-state index in [4.69, 9.17) is 0 Å². The van der Waals surface area contributed by atoms with Crippen molar-refractivity contribution in [2.45, 2.75) is 20.4 Å². The fourth-order valence-corrected chi connectivity index (χ4v) is 2.09. The van der Waals surface area contributed by atoms with Gasteiger partial charge < -0.3 is 4.90 Å². The summed E-state index contributed by atoms with van der Waals surface area (Å²) in [6.45, 7) is 4.69. The molecule has 0 N–H and O–H groups in total. The molecule has 0 aliphatic heterocycles. The SMILES string of the molecule is Cc1cc(C)cc(N(C=O)Cc2ccccc2)c1. The molecule has 2 rings (SSSR count). The molecular weight excluding hydrogens is 222 g/mol. The first kappa shape index (κ1) is 12.4. The molecule has 2 nitrogen and oxygen atoms in total. The Morgan fingerprint density at radius 1 is 1.00 bits per heavy atom. The Labute approximate surface area is 108 Å². The lowest BCUT2D eigenvalue weighted by Gasteiger charge is -2.18. The molecule has 0 bridgehead atoms. The number of hydrogen-bond donors (Lipinski definition) is 0. The summed E-state index contributed by atoms with van der Waals surface area (Å²) in [6, 6.07) is 16.2. The number of hydrogen-bond acceptors (Lipinski definition) is 1. The van der Waals surface area contributed by atoms with E-state index in [2.05, 4.69) is 6.07 Å². The number of aryl methyl sites for hydroxylation is 2. The standard InChI is InChI=1S/C16H17NO/c1-13-8-14(2)10-16(9-13)17(12-18)11-15-6-4-3-5-7-15/h3-10,12H,11H2,1-2H3. The van der Waals surface area contributed by atoms with Crippen LogP contribution in [0.1, 0.15) is 16.7 Å². The van der Waals surface area contributed by atoms with Gasteiger partial charge in [0, 0.05) is 5.69 Å². The highest BCUT2D eigenvalue weighted by molar-refractivity contribution is 5.75. The second-order valence-corrected chi connectivity index (χ2v) is 4.56. The molecule has 0 spiro atoms. The van der Waals surface area contributed by atoms with Crippen molar-refractivity contribution in [1.82, 2.24) is 0 Å². The van der Waals surface area contributed by atoms with Crippen LogP contribution < -0.4 is 4.90 Å². The van der Waals surface area contributed by atoms with Crippen LogP contribution in [0.4, 0.5) is 5.69 Å². The monoisotopic (exact) mass is 239 g/mol. The first-order valence-electron chi connectivity index (χ1n) is 6.03. The predicted molar refractivity (Wildman–Crippen MR) is 74.6 cm³/mol. The summed E-state index contributed by atoms with van der Waals surface area (Å²) in [6.07, 6.45) is 0.890. The van der Waals surface area contributed by atoms with Gasteiger partial charge >= 0.3 is 0 Å². The molecule has 2 heteroatoms.